The molecule has 1 aromatic heterocycles. The van der Waals surface area contributed by atoms with Crippen LogP contribution in [0.2, 0.25) is 0 Å². The van der Waals surface area contributed by atoms with Crippen molar-refractivity contribution in [3.05, 3.63) is 66.2 Å². The summed E-state index contributed by atoms with van der Waals surface area (Å²) in [5.41, 5.74) is 0.923. The molecule has 0 unspecified atom stereocenters. The maximum Gasteiger partial charge on any atom is 0.196 e. The van der Waals surface area contributed by atoms with E-state index in [-0.39, 0.29) is 12.4 Å². The number of aromatic nitrogens is 3. The zero-order chi connectivity index (χ0) is 17.5. The van der Waals surface area contributed by atoms with Crippen LogP contribution in [-0.4, -0.2) is 20.5 Å². The van der Waals surface area contributed by atoms with Crippen LogP contribution >= 0.6 is 11.8 Å². The monoisotopic (exact) mass is 353 g/mol. The molecule has 1 heterocycles. The van der Waals surface area contributed by atoms with Gasteiger partial charge in [0.15, 0.2) is 22.5 Å². The molecular weight excluding hydrogens is 337 g/mol. The molecule has 3 aromatic rings. The van der Waals surface area contributed by atoms with Crippen LogP contribution in [0.15, 0.2) is 59.8 Å². The molecule has 6 heteroatoms. The van der Waals surface area contributed by atoms with E-state index in [1.165, 1.54) is 17.8 Å². The van der Waals surface area contributed by atoms with Gasteiger partial charge in [-0.3, -0.25) is 4.57 Å². The Bertz CT molecular complexity index is 900. The van der Waals surface area contributed by atoms with Crippen LogP contribution in [0.5, 0.6) is 5.75 Å². The fourth-order valence-corrected chi connectivity index (χ4v) is 2.98. The number of hydrogen-bond donors (Lipinski definition) is 0. The molecule has 0 aliphatic heterocycles. The lowest BCUT2D eigenvalue weighted by Crippen LogP contribution is -2.07. The van der Waals surface area contributed by atoms with E-state index in [2.05, 4.69) is 22.0 Å². The van der Waals surface area contributed by atoms with E-state index >= 15 is 0 Å². The average Bonchev–Trinajstić information content (AvgIpc) is 3.05. The SMILES string of the molecule is CC#CCSc1nnc(COc2ccccc2F)n1-c1ccccc1. The Labute approximate surface area is 150 Å². The molecule has 2 aromatic carbocycles. The highest BCUT2D eigenvalue weighted by Gasteiger charge is 2.15. The van der Waals surface area contributed by atoms with Gasteiger partial charge < -0.3 is 4.74 Å². The van der Waals surface area contributed by atoms with Crippen LogP contribution in [0.4, 0.5) is 4.39 Å². The third kappa shape index (κ3) is 4.20. The third-order valence-corrected chi connectivity index (χ3v) is 4.17. The van der Waals surface area contributed by atoms with Gasteiger partial charge in [0.1, 0.15) is 6.61 Å². The van der Waals surface area contributed by atoms with Gasteiger partial charge in [-0.2, -0.15) is 0 Å². The molecule has 0 aliphatic carbocycles. The molecule has 126 valence electrons. The van der Waals surface area contributed by atoms with E-state index in [0.717, 1.165) is 10.8 Å². The van der Waals surface area contributed by atoms with E-state index in [0.29, 0.717) is 11.6 Å². The summed E-state index contributed by atoms with van der Waals surface area (Å²) < 4.78 is 21.2. The second-order valence-corrected chi connectivity index (χ2v) is 5.95. The van der Waals surface area contributed by atoms with E-state index < -0.39 is 5.82 Å². The van der Waals surface area contributed by atoms with Crippen molar-refractivity contribution in [3.8, 4) is 23.3 Å². The lowest BCUT2D eigenvalue weighted by atomic mass is 10.3. The van der Waals surface area contributed by atoms with Crippen molar-refractivity contribution >= 4 is 11.8 Å². The zero-order valence-corrected chi connectivity index (χ0v) is 14.5. The summed E-state index contributed by atoms with van der Waals surface area (Å²) in [5, 5.41) is 9.17. The molecule has 0 spiro atoms. The molecule has 0 N–H and O–H groups in total. The Morgan fingerprint density at radius 3 is 2.60 bits per heavy atom. The summed E-state index contributed by atoms with van der Waals surface area (Å²) in [6, 6.07) is 16.1. The first-order valence-electron chi connectivity index (χ1n) is 7.69. The molecule has 4 nitrogen and oxygen atoms in total. The summed E-state index contributed by atoms with van der Waals surface area (Å²) in [6.07, 6.45) is 0. The minimum atomic E-state index is -0.402. The maximum atomic E-state index is 13.7. The molecule has 0 aliphatic rings. The topological polar surface area (TPSA) is 39.9 Å². The highest BCUT2D eigenvalue weighted by Crippen LogP contribution is 2.23. The number of nitrogens with zero attached hydrogens (tertiary/aromatic N) is 3. The summed E-state index contributed by atoms with van der Waals surface area (Å²) in [4.78, 5) is 0. The van der Waals surface area contributed by atoms with Gasteiger partial charge in [0.25, 0.3) is 0 Å². The summed E-state index contributed by atoms with van der Waals surface area (Å²) >= 11 is 1.50. The fraction of sp³-hybridized carbons (Fsp3) is 0.158. The van der Waals surface area contributed by atoms with Crippen LogP contribution in [-0.2, 0) is 6.61 Å². The summed E-state index contributed by atoms with van der Waals surface area (Å²) in [6.45, 7) is 1.92. The van der Waals surface area contributed by atoms with Crippen LogP contribution < -0.4 is 4.74 Å². The fourth-order valence-electron chi connectivity index (χ4n) is 2.20. The van der Waals surface area contributed by atoms with Crippen LogP contribution in [0.3, 0.4) is 0 Å². The van der Waals surface area contributed by atoms with Crippen molar-refractivity contribution in [3.63, 3.8) is 0 Å². The number of halogens is 1. The van der Waals surface area contributed by atoms with E-state index in [1.54, 1.807) is 25.1 Å². The van der Waals surface area contributed by atoms with Gasteiger partial charge >= 0.3 is 0 Å². The molecule has 3 rings (SSSR count). The first-order chi connectivity index (χ1) is 12.3. The second-order valence-electron chi connectivity index (χ2n) is 5.00. The van der Waals surface area contributed by atoms with Crippen molar-refractivity contribution in [1.82, 2.24) is 14.8 Å². The van der Waals surface area contributed by atoms with Crippen LogP contribution in [0, 0.1) is 17.7 Å². The molecule has 0 fully saturated rings. The molecule has 0 radical (unpaired) electrons. The number of benzene rings is 2. The van der Waals surface area contributed by atoms with Crippen LogP contribution in [0.25, 0.3) is 5.69 Å². The Hall–Kier alpha value is -2.78. The predicted molar refractivity (Wildman–Crippen MR) is 96.3 cm³/mol. The molecule has 0 bridgehead atoms. The Morgan fingerprint density at radius 1 is 1.08 bits per heavy atom. The van der Waals surface area contributed by atoms with Crippen molar-refractivity contribution in [1.29, 1.82) is 0 Å². The standard InChI is InChI=1S/C19H16FN3OS/c1-2-3-13-25-19-22-21-18(23(19)15-9-5-4-6-10-15)14-24-17-12-8-7-11-16(17)20/h4-12H,13-14H2,1H3. The molecule has 25 heavy (non-hydrogen) atoms. The van der Waals surface area contributed by atoms with Crippen molar-refractivity contribution in [2.75, 3.05) is 5.75 Å². The van der Waals surface area contributed by atoms with Gasteiger partial charge in [0.05, 0.1) is 5.75 Å². The highest BCUT2D eigenvalue weighted by atomic mass is 32.2. The molecule has 0 atom stereocenters. The quantitative estimate of drug-likeness (QED) is 0.494. The van der Waals surface area contributed by atoms with Gasteiger partial charge in [-0.15, -0.1) is 16.1 Å². The number of thioether (sulfide) groups is 1. The lowest BCUT2D eigenvalue weighted by Gasteiger charge is -2.11. The highest BCUT2D eigenvalue weighted by molar-refractivity contribution is 7.99. The molecule has 0 saturated heterocycles. The van der Waals surface area contributed by atoms with Gasteiger partial charge in [-0.25, -0.2) is 4.39 Å². The number of para-hydroxylation sites is 2. The maximum absolute atomic E-state index is 13.7. The summed E-state index contributed by atoms with van der Waals surface area (Å²) in [7, 11) is 0. The first-order valence-corrected chi connectivity index (χ1v) is 8.67. The van der Waals surface area contributed by atoms with Gasteiger partial charge in [0, 0.05) is 5.69 Å². The molecule has 0 amide bonds. The zero-order valence-electron chi connectivity index (χ0n) is 13.6. The third-order valence-electron chi connectivity index (χ3n) is 3.36. The number of ether oxygens (including phenoxy) is 1. The Morgan fingerprint density at radius 2 is 1.84 bits per heavy atom. The first kappa shape index (κ1) is 17.1. The van der Waals surface area contributed by atoms with Crippen molar-refractivity contribution in [2.45, 2.75) is 18.7 Å². The van der Waals surface area contributed by atoms with E-state index in [1.807, 2.05) is 34.9 Å². The number of rotatable bonds is 6. The van der Waals surface area contributed by atoms with Crippen molar-refractivity contribution < 1.29 is 9.13 Å². The van der Waals surface area contributed by atoms with E-state index in [9.17, 15) is 4.39 Å². The molecule has 0 saturated carbocycles. The Kier molecular flexibility index (Phi) is 5.70. The minimum Gasteiger partial charge on any atom is -0.483 e. The minimum absolute atomic E-state index is 0.114. The second kappa shape index (κ2) is 8.36. The van der Waals surface area contributed by atoms with Crippen molar-refractivity contribution in [2.24, 2.45) is 0 Å². The van der Waals surface area contributed by atoms with Gasteiger partial charge in [-0.1, -0.05) is 48.0 Å². The smallest absolute Gasteiger partial charge is 0.196 e. The normalized spacial score (nSPS) is 10.2. The summed E-state index contributed by atoms with van der Waals surface area (Å²) in [5.74, 6) is 6.87. The molecular formula is C19H16FN3OS. The average molecular weight is 353 g/mol. The van der Waals surface area contributed by atoms with Gasteiger partial charge in [-0.05, 0) is 31.2 Å². The Balaban J connectivity index is 1.87. The number of hydrogen-bond acceptors (Lipinski definition) is 4. The van der Waals surface area contributed by atoms with E-state index in [4.69, 9.17) is 4.74 Å². The lowest BCUT2D eigenvalue weighted by molar-refractivity contribution is 0.278. The van der Waals surface area contributed by atoms with Gasteiger partial charge in [0.2, 0.25) is 0 Å². The van der Waals surface area contributed by atoms with Crippen LogP contribution in [0.1, 0.15) is 12.7 Å². The predicted octanol–water partition coefficient (Wildman–Crippen LogP) is 4.10. The largest absolute Gasteiger partial charge is 0.483 e.